The smallest absolute Gasteiger partial charge is 0.324 e. The summed E-state index contributed by atoms with van der Waals surface area (Å²) in [6.07, 6.45) is 2.51. The third-order valence-corrected chi connectivity index (χ3v) is 6.42. The number of aromatic nitrogens is 3. The first-order chi connectivity index (χ1) is 19.1. The largest absolute Gasteiger partial charge is 0.457 e. The number of amides is 3. The molecule has 0 saturated heterocycles. The number of urea groups is 1. The van der Waals surface area contributed by atoms with Gasteiger partial charge in [0.25, 0.3) is 0 Å². The molecule has 2 aromatic carbocycles. The first-order valence-corrected chi connectivity index (χ1v) is 13.2. The first kappa shape index (κ1) is 26.9. The molecule has 3 heterocycles. The molecule has 206 valence electrons. The zero-order valence-electron chi connectivity index (χ0n) is 23.0. The van der Waals surface area contributed by atoms with Crippen molar-refractivity contribution in [2.45, 2.75) is 46.1 Å². The monoisotopic (exact) mass is 539 g/mol. The number of hydrogen-bond acceptors (Lipinski definition) is 6. The Balaban J connectivity index is 1.29. The highest BCUT2D eigenvalue weighted by atomic mass is 16.5. The van der Waals surface area contributed by atoms with E-state index in [0.29, 0.717) is 28.8 Å². The van der Waals surface area contributed by atoms with E-state index >= 15 is 0 Å². The standard InChI is InChI=1S/C30H33N7O3/c1-19(38)33-27-16-25(12-14-32-27)40-24-9-6-22(7-10-24)34-29(39)35-28-17-26(30(2,3)4)36-37(28)23-8-5-21-18-31-13-11-20(21)15-23/h5-10,12,14-17,31H,11,13,18H2,1-4H3,(H,32,33,38)(H2,34,35,39). The summed E-state index contributed by atoms with van der Waals surface area (Å²) in [5, 5.41) is 16.7. The fraction of sp³-hybridized carbons (Fsp3) is 0.267. The lowest BCUT2D eigenvalue weighted by atomic mass is 9.92. The fourth-order valence-corrected chi connectivity index (χ4v) is 4.37. The Morgan fingerprint density at radius 1 is 0.925 bits per heavy atom. The van der Waals surface area contributed by atoms with E-state index in [1.165, 1.54) is 18.1 Å². The number of nitrogens with zero attached hydrogens (tertiary/aromatic N) is 3. The molecule has 0 bridgehead atoms. The van der Waals surface area contributed by atoms with Crippen molar-refractivity contribution in [3.05, 3.63) is 83.7 Å². The van der Waals surface area contributed by atoms with Crippen molar-refractivity contribution in [2.75, 3.05) is 22.5 Å². The lowest BCUT2D eigenvalue weighted by Gasteiger charge is -2.18. The van der Waals surface area contributed by atoms with E-state index in [1.54, 1.807) is 47.3 Å². The Labute approximate surface area is 233 Å². The van der Waals surface area contributed by atoms with Crippen LogP contribution in [0.2, 0.25) is 0 Å². The van der Waals surface area contributed by atoms with E-state index in [4.69, 9.17) is 9.84 Å². The molecule has 1 aliphatic rings. The van der Waals surface area contributed by atoms with Crippen LogP contribution in [0, 0.1) is 0 Å². The number of benzene rings is 2. The van der Waals surface area contributed by atoms with Crippen molar-refractivity contribution in [3.8, 4) is 17.2 Å². The highest BCUT2D eigenvalue weighted by Gasteiger charge is 2.22. The Morgan fingerprint density at radius 3 is 2.48 bits per heavy atom. The lowest BCUT2D eigenvalue weighted by Crippen LogP contribution is -2.24. The van der Waals surface area contributed by atoms with E-state index in [1.807, 2.05) is 12.1 Å². The molecule has 40 heavy (non-hydrogen) atoms. The van der Waals surface area contributed by atoms with Gasteiger partial charge in [-0.3, -0.25) is 10.1 Å². The molecule has 10 heteroatoms. The van der Waals surface area contributed by atoms with Gasteiger partial charge in [-0.1, -0.05) is 26.8 Å². The Hall–Kier alpha value is -4.70. The number of nitrogens with one attached hydrogen (secondary N) is 4. The number of carbonyl (C=O) groups excluding carboxylic acids is 2. The summed E-state index contributed by atoms with van der Waals surface area (Å²) in [6, 6.07) is 18.2. The van der Waals surface area contributed by atoms with Crippen molar-refractivity contribution in [2.24, 2.45) is 0 Å². The van der Waals surface area contributed by atoms with E-state index in [0.717, 1.165) is 30.9 Å². The third-order valence-electron chi connectivity index (χ3n) is 6.42. The molecule has 10 nitrogen and oxygen atoms in total. The second-order valence-electron chi connectivity index (χ2n) is 10.7. The molecule has 0 aliphatic carbocycles. The molecule has 0 radical (unpaired) electrons. The highest BCUT2D eigenvalue weighted by Crippen LogP contribution is 2.28. The number of hydrogen-bond donors (Lipinski definition) is 4. The Morgan fingerprint density at radius 2 is 1.73 bits per heavy atom. The molecule has 0 fully saturated rings. The summed E-state index contributed by atoms with van der Waals surface area (Å²) in [5.41, 5.74) is 4.77. The molecule has 5 rings (SSSR count). The predicted octanol–water partition coefficient (Wildman–Crippen LogP) is 5.61. The van der Waals surface area contributed by atoms with Gasteiger partial charge in [-0.05, 0) is 66.6 Å². The summed E-state index contributed by atoms with van der Waals surface area (Å²) in [5.74, 6) is 1.88. The number of carbonyl (C=O) groups is 2. The van der Waals surface area contributed by atoms with Gasteiger partial charge in [-0.2, -0.15) is 5.10 Å². The van der Waals surface area contributed by atoms with Gasteiger partial charge in [0.2, 0.25) is 5.91 Å². The zero-order valence-corrected chi connectivity index (χ0v) is 23.0. The van der Waals surface area contributed by atoms with Crippen LogP contribution < -0.4 is 26.0 Å². The van der Waals surface area contributed by atoms with Crippen LogP contribution in [-0.4, -0.2) is 33.2 Å². The van der Waals surface area contributed by atoms with E-state index in [-0.39, 0.29) is 17.4 Å². The molecular formula is C30H33N7O3. The van der Waals surface area contributed by atoms with Gasteiger partial charge in [-0.25, -0.2) is 14.5 Å². The van der Waals surface area contributed by atoms with Crippen LogP contribution in [0.25, 0.3) is 5.69 Å². The maximum atomic E-state index is 13.0. The minimum absolute atomic E-state index is 0.191. The zero-order chi connectivity index (χ0) is 28.3. The van der Waals surface area contributed by atoms with Crippen LogP contribution in [0.4, 0.5) is 22.1 Å². The molecule has 0 spiro atoms. The molecule has 4 N–H and O–H groups in total. The maximum absolute atomic E-state index is 13.0. The molecule has 0 unspecified atom stereocenters. The quantitative estimate of drug-likeness (QED) is 0.253. The summed E-state index contributed by atoms with van der Waals surface area (Å²) in [7, 11) is 0. The predicted molar refractivity (Wildman–Crippen MR) is 155 cm³/mol. The van der Waals surface area contributed by atoms with E-state index in [2.05, 4.69) is 59.2 Å². The van der Waals surface area contributed by atoms with Crippen LogP contribution in [-0.2, 0) is 23.2 Å². The summed E-state index contributed by atoms with van der Waals surface area (Å²) in [6.45, 7) is 9.51. The van der Waals surface area contributed by atoms with Crippen LogP contribution in [0.3, 0.4) is 0 Å². The van der Waals surface area contributed by atoms with Crippen LogP contribution in [0.5, 0.6) is 11.5 Å². The molecule has 4 aromatic rings. The van der Waals surface area contributed by atoms with E-state index < -0.39 is 0 Å². The summed E-state index contributed by atoms with van der Waals surface area (Å²) < 4.78 is 7.65. The first-order valence-electron chi connectivity index (χ1n) is 13.2. The van der Waals surface area contributed by atoms with Gasteiger partial charge in [0.15, 0.2) is 0 Å². The normalized spacial score (nSPS) is 12.8. The van der Waals surface area contributed by atoms with Crippen LogP contribution in [0.1, 0.15) is 44.5 Å². The van der Waals surface area contributed by atoms with Crippen molar-refractivity contribution >= 4 is 29.3 Å². The molecule has 0 saturated carbocycles. The molecular weight excluding hydrogens is 506 g/mol. The molecule has 0 atom stereocenters. The van der Waals surface area contributed by atoms with Crippen molar-refractivity contribution < 1.29 is 14.3 Å². The van der Waals surface area contributed by atoms with Crippen LogP contribution >= 0.6 is 0 Å². The fourth-order valence-electron chi connectivity index (χ4n) is 4.37. The number of fused-ring (bicyclic) bond motifs is 1. The summed E-state index contributed by atoms with van der Waals surface area (Å²) in [4.78, 5) is 28.4. The van der Waals surface area contributed by atoms with Gasteiger partial charge in [-0.15, -0.1) is 0 Å². The van der Waals surface area contributed by atoms with Crippen molar-refractivity contribution in [1.29, 1.82) is 0 Å². The second kappa shape index (κ2) is 11.2. The highest BCUT2D eigenvalue weighted by molar-refractivity contribution is 5.99. The van der Waals surface area contributed by atoms with Gasteiger partial charge in [0.1, 0.15) is 23.1 Å². The maximum Gasteiger partial charge on any atom is 0.324 e. The number of anilines is 3. The molecule has 2 aromatic heterocycles. The average molecular weight is 540 g/mol. The van der Waals surface area contributed by atoms with Gasteiger partial charge in [0, 0.05) is 42.9 Å². The van der Waals surface area contributed by atoms with Gasteiger partial charge < -0.3 is 20.7 Å². The number of pyridine rings is 1. The van der Waals surface area contributed by atoms with Gasteiger partial charge >= 0.3 is 6.03 Å². The number of ether oxygens (including phenoxy) is 1. The average Bonchev–Trinajstić information content (AvgIpc) is 3.34. The molecule has 1 aliphatic heterocycles. The van der Waals surface area contributed by atoms with Crippen molar-refractivity contribution in [3.63, 3.8) is 0 Å². The van der Waals surface area contributed by atoms with Gasteiger partial charge in [0.05, 0.1) is 11.4 Å². The van der Waals surface area contributed by atoms with Crippen molar-refractivity contribution in [1.82, 2.24) is 20.1 Å². The van der Waals surface area contributed by atoms with Crippen LogP contribution in [0.15, 0.2) is 66.9 Å². The SMILES string of the molecule is CC(=O)Nc1cc(Oc2ccc(NC(=O)Nc3cc(C(C)(C)C)nn3-c3ccc4c(c3)CCNC4)cc2)ccn1. The Bertz CT molecular complexity index is 1540. The topological polar surface area (TPSA) is 122 Å². The lowest BCUT2D eigenvalue weighted by molar-refractivity contribution is -0.114. The third kappa shape index (κ3) is 6.47. The summed E-state index contributed by atoms with van der Waals surface area (Å²) >= 11 is 0. The second-order valence-corrected chi connectivity index (χ2v) is 10.7. The minimum Gasteiger partial charge on any atom is -0.457 e. The minimum atomic E-state index is -0.383. The number of rotatable bonds is 6. The van der Waals surface area contributed by atoms with E-state index in [9.17, 15) is 9.59 Å². The molecule has 3 amide bonds. The Kier molecular flexibility index (Phi) is 7.52.